The lowest BCUT2D eigenvalue weighted by Crippen LogP contribution is -2.41. The first-order valence-electron chi connectivity index (χ1n) is 6.74. The van der Waals surface area contributed by atoms with Gasteiger partial charge in [-0.05, 0) is 31.6 Å². The Morgan fingerprint density at radius 2 is 1.76 bits per heavy atom. The standard InChI is InChI=1S/C13H22N2OS/c14-13(17)11-5-7-15(8-6-11)12(16)9-10-3-1-2-4-10/h10-11H,1-9H2,(H2,14,17). The van der Waals surface area contributed by atoms with Crippen LogP contribution in [0.15, 0.2) is 0 Å². The molecule has 0 aromatic carbocycles. The van der Waals surface area contributed by atoms with Crippen molar-refractivity contribution in [3.05, 3.63) is 0 Å². The molecule has 1 heterocycles. The summed E-state index contributed by atoms with van der Waals surface area (Å²) in [5.74, 6) is 1.34. The molecule has 1 saturated carbocycles. The Bertz CT molecular complexity index is 292. The Hall–Kier alpha value is -0.640. The van der Waals surface area contributed by atoms with Gasteiger partial charge in [0.25, 0.3) is 0 Å². The van der Waals surface area contributed by atoms with Gasteiger partial charge in [0.05, 0.1) is 4.99 Å². The van der Waals surface area contributed by atoms with Crippen LogP contribution in [0.25, 0.3) is 0 Å². The van der Waals surface area contributed by atoms with E-state index in [0.717, 1.165) is 32.4 Å². The maximum Gasteiger partial charge on any atom is 0.222 e. The SMILES string of the molecule is NC(=S)C1CCN(C(=O)CC2CCCC2)CC1. The number of likely N-dealkylation sites (tertiary alicyclic amines) is 1. The quantitative estimate of drug-likeness (QED) is 0.785. The van der Waals surface area contributed by atoms with Gasteiger partial charge < -0.3 is 10.6 Å². The Balaban J connectivity index is 1.75. The number of amides is 1. The molecule has 1 amide bonds. The van der Waals surface area contributed by atoms with E-state index in [1.807, 2.05) is 4.90 Å². The minimum atomic E-state index is 0.346. The van der Waals surface area contributed by atoms with E-state index < -0.39 is 0 Å². The molecular weight excluding hydrogens is 232 g/mol. The van der Waals surface area contributed by atoms with Gasteiger partial charge in [-0.2, -0.15) is 0 Å². The van der Waals surface area contributed by atoms with Gasteiger partial charge in [0, 0.05) is 25.4 Å². The highest BCUT2D eigenvalue weighted by molar-refractivity contribution is 7.80. The highest BCUT2D eigenvalue weighted by Crippen LogP contribution is 2.28. The molecule has 3 nitrogen and oxygen atoms in total. The molecular formula is C13H22N2OS. The van der Waals surface area contributed by atoms with Crippen LogP contribution in [0.5, 0.6) is 0 Å². The first kappa shape index (κ1) is 12.8. The van der Waals surface area contributed by atoms with Gasteiger partial charge in [-0.1, -0.05) is 25.1 Å². The molecule has 17 heavy (non-hydrogen) atoms. The van der Waals surface area contributed by atoms with Crippen LogP contribution in [0, 0.1) is 11.8 Å². The number of hydrogen-bond donors (Lipinski definition) is 1. The molecule has 1 aliphatic heterocycles. The smallest absolute Gasteiger partial charge is 0.222 e. The van der Waals surface area contributed by atoms with Crippen molar-refractivity contribution in [2.45, 2.75) is 44.9 Å². The average Bonchev–Trinajstić information content (AvgIpc) is 2.82. The largest absolute Gasteiger partial charge is 0.393 e. The predicted molar refractivity (Wildman–Crippen MR) is 72.7 cm³/mol. The summed E-state index contributed by atoms with van der Waals surface area (Å²) in [5, 5.41) is 0. The van der Waals surface area contributed by atoms with Crippen molar-refractivity contribution in [1.29, 1.82) is 0 Å². The lowest BCUT2D eigenvalue weighted by Gasteiger charge is -2.32. The third-order valence-electron chi connectivity index (χ3n) is 4.19. The number of nitrogens with zero attached hydrogens (tertiary/aromatic N) is 1. The Labute approximate surface area is 109 Å². The van der Waals surface area contributed by atoms with Gasteiger partial charge in [0.15, 0.2) is 0 Å². The van der Waals surface area contributed by atoms with Crippen LogP contribution in [-0.4, -0.2) is 28.9 Å². The minimum Gasteiger partial charge on any atom is -0.393 e. The number of carbonyl (C=O) groups excluding carboxylic acids is 1. The summed E-state index contributed by atoms with van der Waals surface area (Å²) < 4.78 is 0. The molecule has 2 N–H and O–H groups in total. The summed E-state index contributed by atoms with van der Waals surface area (Å²) in [6.45, 7) is 1.68. The maximum atomic E-state index is 12.1. The topological polar surface area (TPSA) is 46.3 Å². The zero-order valence-electron chi connectivity index (χ0n) is 10.4. The van der Waals surface area contributed by atoms with Gasteiger partial charge in [0.2, 0.25) is 5.91 Å². The number of nitrogens with two attached hydrogens (primary N) is 1. The number of rotatable bonds is 3. The van der Waals surface area contributed by atoms with Crippen molar-refractivity contribution >= 4 is 23.1 Å². The fourth-order valence-electron chi connectivity index (χ4n) is 3.00. The van der Waals surface area contributed by atoms with Crippen molar-refractivity contribution in [3.63, 3.8) is 0 Å². The molecule has 0 aromatic rings. The Kier molecular flexibility index (Phi) is 4.37. The van der Waals surface area contributed by atoms with Gasteiger partial charge >= 0.3 is 0 Å². The Morgan fingerprint density at radius 3 is 2.29 bits per heavy atom. The summed E-state index contributed by atoms with van der Waals surface area (Å²) in [7, 11) is 0. The molecule has 96 valence electrons. The number of carbonyl (C=O) groups is 1. The summed E-state index contributed by atoms with van der Waals surface area (Å²) in [6, 6.07) is 0. The second-order valence-electron chi connectivity index (χ2n) is 5.41. The first-order valence-corrected chi connectivity index (χ1v) is 7.14. The van der Waals surface area contributed by atoms with Gasteiger partial charge in [-0.25, -0.2) is 0 Å². The molecule has 0 unspecified atom stereocenters. The van der Waals surface area contributed by atoms with E-state index in [1.165, 1.54) is 25.7 Å². The Morgan fingerprint density at radius 1 is 1.18 bits per heavy atom. The maximum absolute atomic E-state index is 12.1. The van der Waals surface area contributed by atoms with E-state index >= 15 is 0 Å². The molecule has 2 fully saturated rings. The van der Waals surface area contributed by atoms with Crippen molar-refractivity contribution in [2.75, 3.05) is 13.1 Å². The molecule has 0 radical (unpaired) electrons. The average molecular weight is 254 g/mol. The summed E-state index contributed by atoms with van der Waals surface area (Å²) >= 11 is 5.01. The minimum absolute atomic E-state index is 0.346. The lowest BCUT2D eigenvalue weighted by atomic mass is 9.95. The van der Waals surface area contributed by atoms with Crippen molar-refractivity contribution in [3.8, 4) is 0 Å². The van der Waals surface area contributed by atoms with Crippen LogP contribution >= 0.6 is 12.2 Å². The number of hydrogen-bond acceptors (Lipinski definition) is 2. The molecule has 2 aliphatic rings. The van der Waals surface area contributed by atoms with Crippen molar-refractivity contribution in [1.82, 2.24) is 4.90 Å². The van der Waals surface area contributed by atoms with Crippen LogP contribution in [0.2, 0.25) is 0 Å². The zero-order valence-corrected chi connectivity index (χ0v) is 11.2. The molecule has 0 bridgehead atoms. The van der Waals surface area contributed by atoms with Crippen LogP contribution in [-0.2, 0) is 4.79 Å². The van der Waals surface area contributed by atoms with E-state index in [2.05, 4.69) is 0 Å². The van der Waals surface area contributed by atoms with Gasteiger partial charge in [0.1, 0.15) is 0 Å². The second-order valence-corrected chi connectivity index (χ2v) is 5.88. The van der Waals surface area contributed by atoms with Crippen LogP contribution < -0.4 is 5.73 Å². The van der Waals surface area contributed by atoms with Crippen molar-refractivity contribution < 1.29 is 4.79 Å². The molecule has 0 spiro atoms. The molecule has 1 aliphatic carbocycles. The van der Waals surface area contributed by atoms with Gasteiger partial charge in [-0.3, -0.25) is 4.79 Å². The summed E-state index contributed by atoms with van der Waals surface area (Å²) in [4.78, 5) is 14.7. The first-order chi connectivity index (χ1) is 8.16. The fourth-order valence-corrected chi connectivity index (χ4v) is 3.24. The number of thiocarbonyl (C=S) groups is 1. The van der Waals surface area contributed by atoms with Crippen LogP contribution in [0.3, 0.4) is 0 Å². The monoisotopic (exact) mass is 254 g/mol. The van der Waals surface area contributed by atoms with Crippen molar-refractivity contribution in [2.24, 2.45) is 17.6 Å². The van der Waals surface area contributed by atoms with E-state index in [0.29, 0.717) is 22.7 Å². The fraction of sp³-hybridized carbons (Fsp3) is 0.846. The van der Waals surface area contributed by atoms with Crippen LogP contribution in [0.1, 0.15) is 44.9 Å². The third-order valence-corrected chi connectivity index (χ3v) is 4.52. The third kappa shape index (κ3) is 3.41. The van der Waals surface area contributed by atoms with E-state index in [1.54, 1.807) is 0 Å². The molecule has 2 rings (SSSR count). The normalized spacial score (nSPS) is 22.9. The molecule has 0 atom stereocenters. The zero-order chi connectivity index (χ0) is 12.3. The molecule has 1 saturated heterocycles. The highest BCUT2D eigenvalue weighted by atomic mass is 32.1. The van der Waals surface area contributed by atoms with E-state index in [4.69, 9.17) is 18.0 Å². The molecule has 0 aromatic heterocycles. The predicted octanol–water partition coefficient (Wildman–Crippen LogP) is 2.09. The van der Waals surface area contributed by atoms with Crippen LogP contribution in [0.4, 0.5) is 0 Å². The second kappa shape index (κ2) is 5.80. The summed E-state index contributed by atoms with van der Waals surface area (Å²) in [6.07, 6.45) is 7.77. The lowest BCUT2D eigenvalue weighted by molar-refractivity contribution is -0.133. The van der Waals surface area contributed by atoms with E-state index in [-0.39, 0.29) is 0 Å². The summed E-state index contributed by atoms with van der Waals surface area (Å²) in [5.41, 5.74) is 5.65. The van der Waals surface area contributed by atoms with E-state index in [9.17, 15) is 4.79 Å². The number of piperidine rings is 1. The van der Waals surface area contributed by atoms with Gasteiger partial charge in [-0.15, -0.1) is 0 Å². The highest BCUT2D eigenvalue weighted by Gasteiger charge is 2.26. The molecule has 4 heteroatoms.